The van der Waals surface area contributed by atoms with Crippen LogP contribution in [-0.2, 0) is 10.2 Å². The summed E-state index contributed by atoms with van der Waals surface area (Å²) in [5.74, 6) is 0.544. The van der Waals surface area contributed by atoms with E-state index in [0.717, 1.165) is 11.3 Å². The van der Waals surface area contributed by atoms with Crippen molar-refractivity contribution in [3.63, 3.8) is 0 Å². The van der Waals surface area contributed by atoms with Crippen LogP contribution in [-0.4, -0.2) is 73.0 Å². The van der Waals surface area contributed by atoms with Crippen molar-refractivity contribution in [3.8, 4) is 17.1 Å². The van der Waals surface area contributed by atoms with Gasteiger partial charge in [-0.3, -0.25) is 9.59 Å². The number of hydrogen-bond donors (Lipinski definition) is 4. The van der Waals surface area contributed by atoms with Gasteiger partial charge in [0.15, 0.2) is 0 Å². The zero-order chi connectivity index (χ0) is 29.5. The van der Waals surface area contributed by atoms with E-state index >= 15 is 0 Å². The largest absolute Gasteiger partial charge is 0.495 e. The highest BCUT2D eigenvalue weighted by atomic mass is 19.1. The lowest BCUT2D eigenvalue weighted by atomic mass is 9.86. The number of ether oxygens (including phenoxy) is 1. The summed E-state index contributed by atoms with van der Waals surface area (Å²) < 4.78 is 20.3. The van der Waals surface area contributed by atoms with Crippen LogP contribution >= 0.6 is 0 Å². The second kappa shape index (κ2) is 10.7. The second-order valence-corrected chi connectivity index (χ2v) is 10.8. The quantitative estimate of drug-likeness (QED) is 0.254. The number of nitrogens with zero attached hydrogens (tertiary/aromatic N) is 4. The van der Waals surface area contributed by atoms with E-state index in [1.165, 1.54) is 19.2 Å². The number of methoxy groups -OCH3 is 1. The van der Waals surface area contributed by atoms with Crippen molar-refractivity contribution in [2.75, 3.05) is 56.9 Å². The van der Waals surface area contributed by atoms with Crippen molar-refractivity contribution >= 4 is 40.6 Å². The number of nitrogens with one attached hydrogen (secondary N) is 4. The first-order valence-corrected chi connectivity index (χ1v) is 13.1. The van der Waals surface area contributed by atoms with Crippen LogP contribution in [0.5, 0.6) is 5.75 Å². The fraction of sp³-hybridized carbons (Fsp3) is 0.310. The van der Waals surface area contributed by atoms with E-state index in [1.807, 2.05) is 31.1 Å². The maximum atomic E-state index is 14.6. The lowest BCUT2D eigenvalue weighted by molar-refractivity contribution is -0.119. The van der Waals surface area contributed by atoms with Gasteiger partial charge in [-0.1, -0.05) is 19.9 Å². The Morgan fingerprint density at radius 2 is 1.95 bits per heavy atom. The van der Waals surface area contributed by atoms with Crippen LogP contribution in [0.25, 0.3) is 11.4 Å². The fourth-order valence-corrected chi connectivity index (χ4v) is 5.08. The molecule has 0 spiro atoms. The van der Waals surface area contributed by atoms with Crippen molar-refractivity contribution in [3.05, 3.63) is 59.5 Å². The van der Waals surface area contributed by atoms with Crippen LogP contribution in [0.3, 0.4) is 0 Å². The molecular weight excluding hydrogens is 527 g/mol. The van der Waals surface area contributed by atoms with E-state index in [9.17, 15) is 14.0 Å². The normalized spacial score (nSPS) is 13.8. The number of aromatic nitrogens is 3. The summed E-state index contributed by atoms with van der Waals surface area (Å²) in [4.78, 5) is 41.4. The summed E-state index contributed by atoms with van der Waals surface area (Å²) in [7, 11) is 6.75. The number of amides is 2. The first-order chi connectivity index (χ1) is 19.5. The number of halogens is 1. The SMILES string of the molecule is CNC(=O)c1c(F)cccc1Nc1nc(Nc2cc3c(cc2OC)C(C)(C)CN3C(=O)CN(C)C)[nH]c2nccc1-2. The van der Waals surface area contributed by atoms with Crippen molar-refractivity contribution in [1.29, 1.82) is 0 Å². The number of aromatic amines is 1. The van der Waals surface area contributed by atoms with E-state index in [4.69, 9.17) is 9.72 Å². The van der Waals surface area contributed by atoms with E-state index in [2.05, 4.69) is 39.8 Å². The third kappa shape index (κ3) is 5.25. The average molecular weight is 561 g/mol. The van der Waals surface area contributed by atoms with Gasteiger partial charge in [-0.05, 0) is 50.0 Å². The number of anilines is 5. The predicted molar refractivity (Wildman–Crippen MR) is 156 cm³/mol. The Balaban J connectivity index is 1.55. The monoisotopic (exact) mass is 560 g/mol. The number of H-pyrrole nitrogens is 1. The topological polar surface area (TPSA) is 128 Å². The molecule has 0 saturated heterocycles. The predicted octanol–water partition coefficient (Wildman–Crippen LogP) is 4.09. The van der Waals surface area contributed by atoms with Gasteiger partial charge in [0.25, 0.3) is 5.91 Å². The molecule has 2 aromatic rings. The lowest BCUT2D eigenvalue weighted by Gasteiger charge is -2.22. The first kappa shape index (κ1) is 27.8. The van der Waals surface area contributed by atoms with Gasteiger partial charge in [0.1, 0.15) is 23.2 Å². The molecule has 4 N–H and O–H groups in total. The minimum absolute atomic E-state index is 0.00136. The van der Waals surface area contributed by atoms with Crippen LogP contribution in [0.1, 0.15) is 29.8 Å². The summed E-state index contributed by atoms with van der Waals surface area (Å²) in [6.45, 7) is 5.03. The van der Waals surface area contributed by atoms with Crippen LogP contribution < -0.4 is 25.6 Å². The van der Waals surface area contributed by atoms with Gasteiger partial charge in [0, 0.05) is 30.9 Å². The molecule has 3 aliphatic heterocycles. The molecule has 3 aliphatic rings. The number of carbonyl (C=O) groups is 2. The highest BCUT2D eigenvalue weighted by molar-refractivity contribution is 6.01. The van der Waals surface area contributed by atoms with Crippen molar-refractivity contribution < 1.29 is 18.7 Å². The number of likely N-dealkylation sites (N-methyl/N-ethyl adjacent to an activating group) is 1. The van der Waals surface area contributed by atoms with E-state index in [-0.39, 0.29) is 29.1 Å². The summed E-state index contributed by atoms with van der Waals surface area (Å²) in [6.07, 6.45) is 1.62. The number of benzene rings is 2. The molecule has 0 aliphatic carbocycles. The molecule has 3 heterocycles. The Bertz CT molecular complexity index is 1600. The summed E-state index contributed by atoms with van der Waals surface area (Å²) in [5.41, 5.74) is 2.89. The Morgan fingerprint density at radius 1 is 1.17 bits per heavy atom. The van der Waals surface area contributed by atoms with Gasteiger partial charge in [-0.25, -0.2) is 9.37 Å². The number of carbonyl (C=O) groups excluding carboxylic acids is 2. The maximum Gasteiger partial charge on any atom is 0.256 e. The first-order valence-electron chi connectivity index (χ1n) is 13.1. The highest BCUT2D eigenvalue weighted by Gasteiger charge is 2.39. The molecule has 2 amide bonds. The number of fused-ring (bicyclic) bond motifs is 2. The average Bonchev–Trinajstić information content (AvgIpc) is 3.49. The molecule has 0 atom stereocenters. The van der Waals surface area contributed by atoms with Gasteiger partial charge in [0.05, 0.1) is 36.2 Å². The summed E-state index contributed by atoms with van der Waals surface area (Å²) >= 11 is 0. The van der Waals surface area contributed by atoms with Crippen molar-refractivity contribution in [2.24, 2.45) is 0 Å². The van der Waals surface area contributed by atoms with Crippen molar-refractivity contribution in [1.82, 2.24) is 25.2 Å². The Hall–Kier alpha value is -4.71. The van der Waals surface area contributed by atoms with E-state index in [1.54, 1.807) is 30.3 Å². The lowest BCUT2D eigenvalue weighted by Crippen LogP contribution is -2.39. The van der Waals surface area contributed by atoms with Gasteiger partial charge in [-0.2, -0.15) is 4.98 Å². The van der Waals surface area contributed by atoms with E-state index < -0.39 is 11.7 Å². The summed E-state index contributed by atoms with van der Waals surface area (Å²) in [6, 6.07) is 9.93. The molecule has 0 unspecified atom stereocenters. The molecule has 0 saturated carbocycles. The highest BCUT2D eigenvalue weighted by Crippen LogP contribution is 2.46. The Kier molecular flexibility index (Phi) is 7.26. The summed E-state index contributed by atoms with van der Waals surface area (Å²) in [5, 5.41) is 8.85. The van der Waals surface area contributed by atoms with Gasteiger partial charge in [0.2, 0.25) is 11.9 Å². The Morgan fingerprint density at radius 3 is 2.66 bits per heavy atom. The third-order valence-electron chi connectivity index (χ3n) is 7.03. The standard InChI is InChI=1S/C29H33FN8O3/c1-29(2)15-38(23(39)14-37(4)5)21-13-20(22(41-6)12-17(21)29)34-28-35-25-16(10-11-32-25)26(36-28)33-19-9-7-8-18(30)24(19)27(40)31-3/h7-13H,14-15H2,1-6H3,(H,31,40)(H3,32,33,34,35,36). The molecule has 41 heavy (non-hydrogen) atoms. The van der Waals surface area contributed by atoms with Crippen LogP contribution in [0.15, 0.2) is 42.6 Å². The molecule has 2 aromatic carbocycles. The molecule has 0 aromatic heterocycles. The Labute approximate surface area is 237 Å². The van der Waals surface area contributed by atoms with Gasteiger partial charge >= 0.3 is 0 Å². The fourth-order valence-electron chi connectivity index (χ4n) is 5.08. The molecule has 5 rings (SSSR count). The second-order valence-electron chi connectivity index (χ2n) is 10.8. The van der Waals surface area contributed by atoms with Crippen LogP contribution in [0.2, 0.25) is 0 Å². The van der Waals surface area contributed by atoms with Crippen LogP contribution in [0, 0.1) is 5.82 Å². The number of rotatable bonds is 8. The van der Waals surface area contributed by atoms with Crippen molar-refractivity contribution in [2.45, 2.75) is 19.3 Å². The van der Waals surface area contributed by atoms with Crippen LogP contribution in [0.4, 0.5) is 33.2 Å². The molecular formula is C29H33FN8O3. The molecule has 0 bridgehead atoms. The minimum atomic E-state index is -0.661. The zero-order valence-corrected chi connectivity index (χ0v) is 23.8. The molecule has 214 valence electrons. The molecule has 11 nitrogen and oxygen atoms in total. The van der Waals surface area contributed by atoms with E-state index in [0.29, 0.717) is 41.1 Å². The van der Waals surface area contributed by atoms with Gasteiger partial charge in [-0.15, -0.1) is 0 Å². The molecule has 12 heteroatoms. The van der Waals surface area contributed by atoms with Gasteiger partial charge < -0.3 is 35.5 Å². The molecule has 0 fully saturated rings. The molecule has 0 radical (unpaired) electrons. The smallest absolute Gasteiger partial charge is 0.256 e. The zero-order valence-electron chi connectivity index (χ0n) is 23.8. The minimum Gasteiger partial charge on any atom is -0.495 e. The number of hydrogen-bond acceptors (Lipinski definition) is 8. The maximum absolute atomic E-state index is 14.6. The third-order valence-corrected chi connectivity index (χ3v) is 7.03.